The molecule has 0 amide bonds. The van der Waals surface area contributed by atoms with E-state index in [1.54, 1.807) is 6.07 Å². The number of sulfonamides is 1. The zero-order chi connectivity index (χ0) is 12.9. The van der Waals surface area contributed by atoms with Gasteiger partial charge < -0.3 is 10.1 Å². The summed E-state index contributed by atoms with van der Waals surface area (Å²) in [4.78, 5) is 2.18. The van der Waals surface area contributed by atoms with Crippen LogP contribution in [0.4, 0.5) is 0 Å². The van der Waals surface area contributed by atoms with E-state index in [4.69, 9.17) is 4.74 Å². The van der Waals surface area contributed by atoms with Crippen LogP contribution in [0.5, 0.6) is 0 Å². The Bertz CT molecular complexity index is 454. The first-order valence-electron chi connectivity index (χ1n) is 5.23. The van der Waals surface area contributed by atoms with E-state index in [-0.39, 0.29) is 6.54 Å². The zero-order valence-electron chi connectivity index (χ0n) is 10.2. The molecule has 0 radical (unpaired) electrons. The topological polar surface area (TPSA) is 67.4 Å². The van der Waals surface area contributed by atoms with Crippen molar-refractivity contribution in [2.75, 3.05) is 27.3 Å². The second-order valence-electron chi connectivity index (χ2n) is 3.55. The summed E-state index contributed by atoms with van der Waals surface area (Å²) < 4.78 is 31.2. The highest BCUT2D eigenvalue weighted by molar-refractivity contribution is 7.89. The molecule has 0 atom stereocenters. The van der Waals surface area contributed by atoms with Crippen LogP contribution >= 0.6 is 11.3 Å². The van der Waals surface area contributed by atoms with Crippen LogP contribution in [0.15, 0.2) is 11.0 Å². The number of ether oxygens (including phenoxy) is 1. The lowest BCUT2D eigenvalue weighted by molar-refractivity contribution is 0.204. The number of nitrogens with one attached hydrogen (secondary N) is 2. The molecular formula is C10H18N2O3S2. The fourth-order valence-electron chi connectivity index (χ4n) is 1.41. The van der Waals surface area contributed by atoms with Gasteiger partial charge in [-0.05, 0) is 20.0 Å². The summed E-state index contributed by atoms with van der Waals surface area (Å²) >= 11 is 1.49. The van der Waals surface area contributed by atoms with Crippen LogP contribution in [0.2, 0.25) is 0 Å². The van der Waals surface area contributed by atoms with E-state index in [9.17, 15) is 8.42 Å². The molecule has 0 unspecified atom stereocenters. The normalized spacial score (nSPS) is 11.9. The van der Waals surface area contributed by atoms with Crippen molar-refractivity contribution in [3.63, 3.8) is 0 Å². The minimum absolute atomic E-state index is 0.287. The maximum absolute atomic E-state index is 12.0. The Hall–Kier alpha value is -0.470. The van der Waals surface area contributed by atoms with Crippen molar-refractivity contribution in [2.45, 2.75) is 18.4 Å². The van der Waals surface area contributed by atoms with Crippen LogP contribution in [0.25, 0.3) is 0 Å². The van der Waals surface area contributed by atoms with E-state index < -0.39 is 10.0 Å². The van der Waals surface area contributed by atoms with Crippen LogP contribution in [0.3, 0.4) is 0 Å². The highest BCUT2D eigenvalue weighted by atomic mass is 32.2. The van der Waals surface area contributed by atoms with Gasteiger partial charge in [0.2, 0.25) is 10.0 Å². The summed E-state index contributed by atoms with van der Waals surface area (Å²) in [6.07, 6.45) is 0. The molecule has 1 aromatic heterocycles. The molecule has 0 bridgehead atoms. The maximum Gasteiger partial charge on any atom is 0.241 e. The minimum atomic E-state index is -3.41. The summed E-state index contributed by atoms with van der Waals surface area (Å²) in [6.45, 7) is 3.15. The Morgan fingerprint density at radius 1 is 1.47 bits per heavy atom. The van der Waals surface area contributed by atoms with Crippen LogP contribution in [0, 0.1) is 6.92 Å². The molecule has 0 saturated carbocycles. The Morgan fingerprint density at radius 3 is 2.76 bits per heavy atom. The van der Waals surface area contributed by atoms with Crippen molar-refractivity contribution in [1.82, 2.24) is 10.0 Å². The van der Waals surface area contributed by atoms with Crippen molar-refractivity contribution >= 4 is 21.4 Å². The van der Waals surface area contributed by atoms with Crippen molar-refractivity contribution in [3.05, 3.63) is 15.8 Å². The van der Waals surface area contributed by atoms with Gasteiger partial charge in [0.15, 0.2) is 0 Å². The Labute approximate surface area is 106 Å². The Morgan fingerprint density at radius 2 is 2.18 bits per heavy atom. The van der Waals surface area contributed by atoms with Crippen molar-refractivity contribution in [2.24, 2.45) is 0 Å². The van der Waals surface area contributed by atoms with Gasteiger partial charge in [0.1, 0.15) is 0 Å². The van der Waals surface area contributed by atoms with Crippen LogP contribution in [-0.2, 0) is 21.3 Å². The van der Waals surface area contributed by atoms with E-state index in [0.717, 1.165) is 9.75 Å². The second kappa shape index (κ2) is 6.46. The van der Waals surface area contributed by atoms with Gasteiger partial charge >= 0.3 is 0 Å². The number of thiophene rings is 1. The fourth-order valence-corrected chi connectivity index (χ4v) is 4.07. The Balaban J connectivity index is 2.83. The molecule has 1 rings (SSSR count). The lowest BCUT2D eigenvalue weighted by Gasteiger charge is -2.05. The predicted molar refractivity (Wildman–Crippen MR) is 68.9 cm³/mol. The van der Waals surface area contributed by atoms with Gasteiger partial charge in [0.05, 0.1) is 11.5 Å². The molecule has 0 aliphatic heterocycles. The van der Waals surface area contributed by atoms with Gasteiger partial charge in [-0.2, -0.15) is 0 Å². The SMILES string of the molecule is CNCc1cc(S(=O)(=O)NCCOC)c(C)s1. The molecule has 17 heavy (non-hydrogen) atoms. The maximum atomic E-state index is 12.0. The standard InChI is InChI=1S/C10H18N2O3S2/c1-8-10(6-9(16-8)7-11-2)17(13,14)12-4-5-15-3/h6,11-12H,4-5,7H2,1-3H3. The van der Waals surface area contributed by atoms with Gasteiger partial charge in [0.25, 0.3) is 0 Å². The van der Waals surface area contributed by atoms with E-state index in [1.165, 1.54) is 18.4 Å². The highest BCUT2D eigenvalue weighted by Gasteiger charge is 2.19. The van der Waals surface area contributed by atoms with E-state index in [2.05, 4.69) is 10.0 Å². The lowest BCUT2D eigenvalue weighted by Crippen LogP contribution is -2.27. The second-order valence-corrected chi connectivity index (χ2v) is 6.63. The number of methoxy groups -OCH3 is 1. The first-order chi connectivity index (χ1) is 8.01. The number of hydrogen-bond donors (Lipinski definition) is 2. The summed E-state index contributed by atoms with van der Waals surface area (Å²) in [5, 5.41) is 3.00. The van der Waals surface area contributed by atoms with Gasteiger partial charge in [-0.3, -0.25) is 0 Å². The molecule has 5 nitrogen and oxygen atoms in total. The molecule has 0 aliphatic carbocycles. The highest BCUT2D eigenvalue weighted by Crippen LogP contribution is 2.25. The molecule has 0 aromatic carbocycles. The average Bonchev–Trinajstić information content (AvgIpc) is 2.61. The molecule has 0 aliphatic rings. The van der Waals surface area contributed by atoms with Gasteiger partial charge in [0, 0.05) is 30.0 Å². The minimum Gasteiger partial charge on any atom is -0.383 e. The van der Waals surface area contributed by atoms with Gasteiger partial charge in [-0.25, -0.2) is 13.1 Å². The number of aryl methyl sites for hydroxylation is 1. The molecule has 98 valence electrons. The zero-order valence-corrected chi connectivity index (χ0v) is 11.9. The molecular weight excluding hydrogens is 260 g/mol. The fraction of sp³-hybridized carbons (Fsp3) is 0.600. The monoisotopic (exact) mass is 278 g/mol. The lowest BCUT2D eigenvalue weighted by atomic mass is 10.4. The van der Waals surface area contributed by atoms with Crippen LogP contribution in [-0.4, -0.2) is 35.7 Å². The van der Waals surface area contributed by atoms with Crippen molar-refractivity contribution in [1.29, 1.82) is 0 Å². The summed E-state index contributed by atoms with van der Waals surface area (Å²) in [5.74, 6) is 0. The summed E-state index contributed by atoms with van der Waals surface area (Å²) in [6, 6.07) is 1.71. The molecule has 1 aromatic rings. The first kappa shape index (κ1) is 14.6. The van der Waals surface area contributed by atoms with Crippen molar-refractivity contribution in [3.8, 4) is 0 Å². The molecule has 0 saturated heterocycles. The van der Waals surface area contributed by atoms with Gasteiger partial charge in [-0.15, -0.1) is 11.3 Å². The van der Waals surface area contributed by atoms with Crippen molar-refractivity contribution < 1.29 is 13.2 Å². The smallest absolute Gasteiger partial charge is 0.241 e. The molecule has 1 heterocycles. The molecule has 0 spiro atoms. The molecule has 0 fully saturated rings. The van der Waals surface area contributed by atoms with E-state index in [1.807, 2.05) is 14.0 Å². The quantitative estimate of drug-likeness (QED) is 0.721. The summed E-state index contributed by atoms with van der Waals surface area (Å²) in [7, 11) is -0.0378. The van der Waals surface area contributed by atoms with E-state index in [0.29, 0.717) is 18.0 Å². The van der Waals surface area contributed by atoms with Gasteiger partial charge in [-0.1, -0.05) is 0 Å². The largest absolute Gasteiger partial charge is 0.383 e. The van der Waals surface area contributed by atoms with E-state index >= 15 is 0 Å². The third kappa shape index (κ3) is 4.04. The first-order valence-corrected chi connectivity index (χ1v) is 7.53. The van der Waals surface area contributed by atoms with Crippen LogP contribution in [0.1, 0.15) is 9.75 Å². The summed E-state index contributed by atoms with van der Waals surface area (Å²) in [5.41, 5.74) is 0. The third-order valence-corrected chi connectivity index (χ3v) is 4.93. The molecule has 7 heteroatoms. The predicted octanol–water partition coefficient (Wildman–Crippen LogP) is 0.701. The van der Waals surface area contributed by atoms with Crippen LogP contribution < -0.4 is 10.0 Å². The Kier molecular flexibility index (Phi) is 5.54. The molecule has 2 N–H and O–H groups in total. The number of hydrogen-bond acceptors (Lipinski definition) is 5. The number of rotatable bonds is 7. The third-order valence-electron chi connectivity index (χ3n) is 2.16. The average molecular weight is 278 g/mol.